The van der Waals surface area contributed by atoms with Crippen LogP contribution in [0.2, 0.25) is 0 Å². The van der Waals surface area contributed by atoms with Crippen LogP contribution in [0, 0.1) is 5.41 Å². The highest BCUT2D eigenvalue weighted by atomic mass is 32.2. The van der Waals surface area contributed by atoms with E-state index >= 15 is 0 Å². The van der Waals surface area contributed by atoms with Crippen LogP contribution >= 0.6 is 0 Å². The van der Waals surface area contributed by atoms with Gasteiger partial charge in [-0.15, -0.1) is 0 Å². The van der Waals surface area contributed by atoms with E-state index in [0.29, 0.717) is 12.8 Å². The van der Waals surface area contributed by atoms with E-state index in [1.54, 1.807) is 4.90 Å². The third-order valence-corrected chi connectivity index (χ3v) is 6.92. The minimum absolute atomic E-state index is 0.0314. The van der Waals surface area contributed by atoms with Crippen molar-refractivity contribution in [1.29, 1.82) is 0 Å². The minimum atomic E-state index is -3.88. The second-order valence-electron chi connectivity index (χ2n) is 6.37. The fraction of sp³-hybridized carbons (Fsp3) is 0.625. The van der Waals surface area contributed by atoms with Gasteiger partial charge in [0.1, 0.15) is 0 Å². The van der Waals surface area contributed by atoms with Gasteiger partial charge in [0.15, 0.2) is 5.76 Å². The summed E-state index contributed by atoms with van der Waals surface area (Å²) in [6, 6.07) is 2.44. The van der Waals surface area contributed by atoms with Gasteiger partial charge in [0.05, 0.1) is 5.41 Å². The molecule has 0 bridgehead atoms. The molecule has 1 aromatic rings. The Bertz CT molecular complexity index is 753. The van der Waals surface area contributed by atoms with Crippen LogP contribution in [-0.2, 0) is 14.8 Å². The Hall–Kier alpha value is -1.91. The van der Waals surface area contributed by atoms with E-state index in [1.165, 1.54) is 16.4 Å². The standard InChI is InChI=1S/C16H26N4O5S/c1-3-16(4-2,11-17)15(22)19-7-9-20(10-8-19)26(23,24)13-6-5-12(25-13)14(18)21/h5-6H,3-4,7-11,17H2,1-2H3,(H2,18,21). The molecule has 1 aliphatic heterocycles. The van der Waals surface area contributed by atoms with Crippen molar-refractivity contribution >= 4 is 21.8 Å². The molecule has 146 valence electrons. The van der Waals surface area contributed by atoms with Gasteiger partial charge in [0.2, 0.25) is 11.0 Å². The monoisotopic (exact) mass is 386 g/mol. The van der Waals surface area contributed by atoms with Crippen molar-refractivity contribution in [2.75, 3.05) is 32.7 Å². The number of nitrogens with two attached hydrogens (primary N) is 2. The van der Waals surface area contributed by atoms with E-state index < -0.39 is 21.3 Å². The number of carbonyl (C=O) groups is 2. The van der Waals surface area contributed by atoms with Gasteiger partial charge in [0, 0.05) is 32.7 Å². The Morgan fingerprint density at radius 3 is 2.15 bits per heavy atom. The molecule has 26 heavy (non-hydrogen) atoms. The highest BCUT2D eigenvalue weighted by Crippen LogP contribution is 2.29. The zero-order valence-electron chi connectivity index (χ0n) is 15.1. The van der Waals surface area contributed by atoms with Crippen LogP contribution in [0.4, 0.5) is 0 Å². The number of piperazine rings is 1. The molecule has 1 saturated heterocycles. The number of nitrogens with zero attached hydrogens (tertiary/aromatic N) is 2. The molecule has 0 unspecified atom stereocenters. The van der Waals surface area contributed by atoms with Crippen LogP contribution in [0.3, 0.4) is 0 Å². The molecule has 0 saturated carbocycles. The summed E-state index contributed by atoms with van der Waals surface area (Å²) in [5.41, 5.74) is 10.3. The molecule has 0 radical (unpaired) electrons. The van der Waals surface area contributed by atoms with Gasteiger partial charge in [-0.1, -0.05) is 13.8 Å². The topological polar surface area (TPSA) is 140 Å². The first-order valence-electron chi connectivity index (χ1n) is 8.61. The average molecular weight is 386 g/mol. The Labute approximate surface area is 153 Å². The first-order chi connectivity index (χ1) is 12.2. The van der Waals surface area contributed by atoms with E-state index in [2.05, 4.69) is 0 Å². The predicted octanol–water partition coefficient (Wildman–Crippen LogP) is -0.0235. The molecule has 10 heteroatoms. The van der Waals surface area contributed by atoms with Crippen molar-refractivity contribution in [3.63, 3.8) is 0 Å². The number of rotatable bonds is 7. The molecule has 2 rings (SSSR count). The van der Waals surface area contributed by atoms with Crippen LogP contribution in [-0.4, -0.2) is 62.2 Å². The largest absolute Gasteiger partial charge is 0.438 e. The lowest BCUT2D eigenvalue weighted by Crippen LogP contribution is -2.55. The molecule has 1 fully saturated rings. The molecule has 1 aromatic heterocycles. The van der Waals surface area contributed by atoms with Gasteiger partial charge in [-0.05, 0) is 25.0 Å². The molecule has 4 N–H and O–H groups in total. The predicted molar refractivity (Wildman–Crippen MR) is 94.6 cm³/mol. The lowest BCUT2D eigenvalue weighted by molar-refractivity contribution is -0.143. The van der Waals surface area contributed by atoms with Crippen LogP contribution < -0.4 is 11.5 Å². The van der Waals surface area contributed by atoms with Crippen LogP contribution in [0.5, 0.6) is 0 Å². The minimum Gasteiger partial charge on any atom is -0.438 e. The molecule has 0 atom stereocenters. The number of carbonyl (C=O) groups excluding carboxylic acids is 2. The van der Waals surface area contributed by atoms with Crippen LogP contribution in [0.15, 0.2) is 21.6 Å². The Kier molecular flexibility index (Phi) is 6.09. The molecule has 9 nitrogen and oxygen atoms in total. The van der Waals surface area contributed by atoms with Gasteiger partial charge >= 0.3 is 0 Å². The number of sulfonamides is 1. The second kappa shape index (κ2) is 7.77. The molecular formula is C16H26N4O5S. The van der Waals surface area contributed by atoms with Gasteiger partial charge in [-0.3, -0.25) is 9.59 Å². The van der Waals surface area contributed by atoms with Gasteiger partial charge in [-0.25, -0.2) is 8.42 Å². The summed E-state index contributed by atoms with van der Waals surface area (Å²) in [5.74, 6) is -1.08. The Morgan fingerprint density at radius 2 is 1.73 bits per heavy atom. The van der Waals surface area contributed by atoms with E-state index in [4.69, 9.17) is 15.9 Å². The molecule has 0 spiro atoms. The van der Waals surface area contributed by atoms with Crippen molar-refractivity contribution < 1.29 is 22.4 Å². The molecule has 2 amide bonds. The van der Waals surface area contributed by atoms with E-state index in [0.717, 1.165) is 0 Å². The van der Waals surface area contributed by atoms with Gasteiger partial charge in [-0.2, -0.15) is 4.31 Å². The molecular weight excluding hydrogens is 360 g/mol. The first kappa shape index (κ1) is 20.4. The quantitative estimate of drug-likeness (QED) is 0.675. The zero-order chi connectivity index (χ0) is 19.5. The number of hydrogen-bond acceptors (Lipinski definition) is 6. The van der Waals surface area contributed by atoms with Crippen molar-refractivity contribution in [3.8, 4) is 0 Å². The SMILES string of the molecule is CCC(CC)(CN)C(=O)N1CCN(S(=O)(=O)c2ccc(C(N)=O)o2)CC1. The molecule has 0 aliphatic carbocycles. The van der Waals surface area contributed by atoms with Gasteiger partial charge < -0.3 is 20.8 Å². The van der Waals surface area contributed by atoms with E-state index in [9.17, 15) is 18.0 Å². The van der Waals surface area contributed by atoms with E-state index in [-0.39, 0.29) is 49.5 Å². The number of amides is 2. The van der Waals surface area contributed by atoms with Crippen molar-refractivity contribution in [2.45, 2.75) is 31.8 Å². The fourth-order valence-corrected chi connectivity index (χ4v) is 4.45. The molecule has 0 aromatic carbocycles. The maximum atomic E-state index is 12.8. The maximum absolute atomic E-state index is 12.8. The number of furan rings is 1. The molecule has 2 heterocycles. The fourth-order valence-electron chi connectivity index (χ4n) is 3.11. The zero-order valence-corrected chi connectivity index (χ0v) is 15.9. The summed E-state index contributed by atoms with van der Waals surface area (Å²) in [5, 5.41) is -0.329. The summed E-state index contributed by atoms with van der Waals surface area (Å²) >= 11 is 0. The summed E-state index contributed by atoms with van der Waals surface area (Å²) < 4.78 is 31.5. The van der Waals surface area contributed by atoms with E-state index in [1.807, 2.05) is 13.8 Å². The lowest BCUT2D eigenvalue weighted by Gasteiger charge is -2.39. The summed E-state index contributed by atoms with van der Waals surface area (Å²) in [6.07, 6.45) is 1.28. The highest BCUT2D eigenvalue weighted by molar-refractivity contribution is 7.89. The summed E-state index contributed by atoms with van der Waals surface area (Å²) in [4.78, 5) is 25.6. The highest BCUT2D eigenvalue weighted by Gasteiger charge is 2.39. The first-order valence-corrected chi connectivity index (χ1v) is 10.0. The molecule has 1 aliphatic rings. The lowest BCUT2D eigenvalue weighted by atomic mass is 9.81. The third kappa shape index (κ3) is 3.62. The summed E-state index contributed by atoms with van der Waals surface area (Å²) in [6.45, 7) is 4.99. The number of primary amides is 1. The third-order valence-electron chi connectivity index (χ3n) is 5.14. The van der Waals surface area contributed by atoms with Crippen LogP contribution in [0.1, 0.15) is 37.2 Å². The smallest absolute Gasteiger partial charge is 0.284 e. The maximum Gasteiger partial charge on any atom is 0.284 e. The van der Waals surface area contributed by atoms with Crippen molar-refractivity contribution in [1.82, 2.24) is 9.21 Å². The van der Waals surface area contributed by atoms with Crippen molar-refractivity contribution in [2.24, 2.45) is 16.9 Å². The average Bonchev–Trinajstić information content (AvgIpc) is 3.15. The Balaban J connectivity index is 2.09. The number of hydrogen-bond donors (Lipinski definition) is 2. The van der Waals surface area contributed by atoms with Crippen LogP contribution in [0.25, 0.3) is 0 Å². The van der Waals surface area contributed by atoms with Crippen molar-refractivity contribution in [3.05, 3.63) is 17.9 Å². The Morgan fingerprint density at radius 1 is 1.15 bits per heavy atom. The summed E-state index contributed by atoms with van der Waals surface area (Å²) in [7, 11) is -3.88. The second-order valence-corrected chi connectivity index (χ2v) is 8.24. The normalized spacial score (nSPS) is 16.7. The van der Waals surface area contributed by atoms with Gasteiger partial charge in [0.25, 0.3) is 15.9 Å².